The summed E-state index contributed by atoms with van der Waals surface area (Å²) in [7, 11) is 0. The fraction of sp³-hybridized carbons (Fsp3) is 0.647. The van der Waals surface area contributed by atoms with E-state index in [0.717, 1.165) is 0 Å². The predicted octanol–water partition coefficient (Wildman–Crippen LogP) is 2.72. The number of alkyl halides is 2. The summed E-state index contributed by atoms with van der Waals surface area (Å²) < 4.78 is 28.0. The van der Waals surface area contributed by atoms with Crippen LogP contribution in [0.25, 0.3) is 0 Å². The number of aldehydes is 1. The molecule has 1 aliphatic rings. The highest BCUT2D eigenvalue weighted by Crippen LogP contribution is 2.35. The number of hydrogen-bond donors (Lipinski definition) is 2. The number of nitrogens with zero attached hydrogens (tertiary/aromatic N) is 3. The molecule has 150 valence electrons. The molecule has 1 aromatic rings. The molecular weight excluding hydrogens is 362 g/mol. The first-order valence-electron chi connectivity index (χ1n) is 8.56. The quantitative estimate of drug-likeness (QED) is 0.757. The average Bonchev–Trinajstić information content (AvgIpc) is 2.88. The molecule has 1 saturated heterocycles. The predicted molar refractivity (Wildman–Crippen MR) is 92.2 cm³/mol. The number of amides is 2. The van der Waals surface area contributed by atoms with Crippen LogP contribution >= 0.6 is 0 Å². The van der Waals surface area contributed by atoms with Gasteiger partial charge in [0.1, 0.15) is 11.4 Å². The zero-order chi connectivity index (χ0) is 20.7. The van der Waals surface area contributed by atoms with Gasteiger partial charge in [-0.1, -0.05) is 20.8 Å². The molecule has 8 nitrogen and oxygen atoms in total. The molecule has 27 heavy (non-hydrogen) atoms. The molecule has 0 aliphatic carbocycles. The lowest BCUT2D eigenvalue weighted by atomic mass is 9.76. The van der Waals surface area contributed by atoms with Gasteiger partial charge < -0.3 is 19.9 Å². The third-order valence-electron chi connectivity index (χ3n) is 4.57. The van der Waals surface area contributed by atoms with Crippen molar-refractivity contribution in [3.8, 4) is 0 Å². The van der Waals surface area contributed by atoms with E-state index in [4.69, 9.17) is 0 Å². The van der Waals surface area contributed by atoms with Crippen LogP contribution in [-0.2, 0) is 0 Å². The molecule has 2 heterocycles. The van der Waals surface area contributed by atoms with Gasteiger partial charge in [-0.05, 0) is 19.3 Å². The third kappa shape index (κ3) is 3.79. The van der Waals surface area contributed by atoms with E-state index < -0.39 is 47.7 Å². The Morgan fingerprint density at radius 1 is 1.33 bits per heavy atom. The molecular formula is C17H24F2N4O4. The highest BCUT2D eigenvalue weighted by molar-refractivity contribution is 5.95. The van der Waals surface area contributed by atoms with Crippen molar-refractivity contribution < 1.29 is 28.3 Å². The summed E-state index contributed by atoms with van der Waals surface area (Å²) in [5.41, 5.74) is -1.60. The summed E-state index contributed by atoms with van der Waals surface area (Å²) in [4.78, 5) is 40.1. The minimum atomic E-state index is -3.03. The van der Waals surface area contributed by atoms with Gasteiger partial charge in [-0.15, -0.1) is 0 Å². The Bertz CT molecular complexity index is 755. The zero-order valence-corrected chi connectivity index (χ0v) is 15.9. The number of halogens is 2. The van der Waals surface area contributed by atoms with E-state index in [0.29, 0.717) is 6.29 Å². The largest absolute Gasteiger partial charge is 0.465 e. The molecule has 2 N–H and O–H groups in total. The Morgan fingerprint density at radius 3 is 2.33 bits per heavy atom. The molecule has 2 unspecified atom stereocenters. The Hall–Kier alpha value is -2.52. The van der Waals surface area contributed by atoms with E-state index in [-0.39, 0.29) is 18.1 Å². The first-order chi connectivity index (χ1) is 12.4. The lowest BCUT2D eigenvalue weighted by Crippen LogP contribution is -2.71. The Kier molecular flexibility index (Phi) is 5.58. The lowest BCUT2D eigenvalue weighted by Gasteiger charge is -2.52. The summed E-state index contributed by atoms with van der Waals surface area (Å²) in [6, 6.07) is -1.48. The van der Waals surface area contributed by atoms with Crippen LogP contribution in [0.1, 0.15) is 73.9 Å². The summed E-state index contributed by atoms with van der Waals surface area (Å²) in [6.45, 7) is 8.85. The van der Waals surface area contributed by atoms with Crippen LogP contribution in [0.15, 0.2) is 0 Å². The number of carboxylic acid groups (broad SMARTS) is 1. The minimum absolute atomic E-state index is 0.0589. The van der Waals surface area contributed by atoms with Gasteiger partial charge in [0.05, 0.1) is 12.1 Å². The van der Waals surface area contributed by atoms with Gasteiger partial charge in [0.15, 0.2) is 12.1 Å². The molecule has 10 heteroatoms. The Morgan fingerprint density at radius 2 is 1.93 bits per heavy atom. The Balaban J connectivity index is 2.37. The van der Waals surface area contributed by atoms with E-state index in [1.165, 1.54) is 9.47 Å². The first kappa shape index (κ1) is 20.8. The summed E-state index contributed by atoms with van der Waals surface area (Å²) >= 11 is 0. The topological polar surface area (TPSA) is 105 Å². The van der Waals surface area contributed by atoms with E-state index >= 15 is 0 Å². The van der Waals surface area contributed by atoms with Crippen molar-refractivity contribution >= 4 is 18.3 Å². The standard InChI is InChI=1S/C17H24F2N4O4/c1-8(2)23-10(7-24)21-11(14(18)19)12(23)15(25)20-9-6-22(16(26)27)13(9)17(3,4)5/h7-9,13-14H,6H2,1-5H3,(H,20,25)(H,26,27). The maximum absolute atomic E-state index is 13.4. The van der Waals surface area contributed by atoms with Gasteiger partial charge in [0.25, 0.3) is 12.3 Å². The second-order valence-electron chi connectivity index (χ2n) is 7.91. The molecule has 0 saturated carbocycles. The molecule has 0 spiro atoms. The van der Waals surface area contributed by atoms with Crippen LogP contribution in [0, 0.1) is 5.41 Å². The van der Waals surface area contributed by atoms with Gasteiger partial charge in [0, 0.05) is 12.6 Å². The van der Waals surface area contributed by atoms with Gasteiger partial charge in [-0.2, -0.15) is 0 Å². The number of rotatable bonds is 5. The van der Waals surface area contributed by atoms with Crippen LogP contribution < -0.4 is 5.32 Å². The second-order valence-corrected chi connectivity index (χ2v) is 7.91. The Labute approximate surface area is 155 Å². The molecule has 0 radical (unpaired) electrons. The van der Waals surface area contributed by atoms with E-state index in [2.05, 4.69) is 10.3 Å². The number of carbonyl (C=O) groups excluding carboxylic acids is 2. The summed E-state index contributed by atoms with van der Waals surface area (Å²) in [5.74, 6) is -1.05. The summed E-state index contributed by atoms with van der Waals surface area (Å²) in [5, 5.41) is 11.9. The van der Waals surface area contributed by atoms with Crippen LogP contribution in [-0.4, -0.2) is 56.5 Å². The van der Waals surface area contributed by atoms with Crippen LogP contribution in [0.5, 0.6) is 0 Å². The number of carbonyl (C=O) groups is 3. The third-order valence-corrected chi connectivity index (χ3v) is 4.57. The van der Waals surface area contributed by atoms with E-state index in [1.807, 2.05) is 20.8 Å². The molecule has 1 aliphatic heterocycles. The number of nitrogens with one attached hydrogen (secondary N) is 1. The second kappa shape index (κ2) is 7.24. The fourth-order valence-corrected chi connectivity index (χ4v) is 3.59. The summed E-state index contributed by atoms with van der Waals surface area (Å²) in [6.07, 6.45) is -3.81. The highest BCUT2D eigenvalue weighted by Gasteiger charge is 2.49. The maximum Gasteiger partial charge on any atom is 0.407 e. The number of aromatic nitrogens is 2. The first-order valence-corrected chi connectivity index (χ1v) is 8.56. The van der Waals surface area contributed by atoms with Crippen molar-refractivity contribution in [2.45, 2.75) is 59.2 Å². The number of likely N-dealkylation sites (tertiary alicyclic amines) is 1. The van der Waals surface area contributed by atoms with Crippen molar-refractivity contribution in [2.24, 2.45) is 5.41 Å². The SMILES string of the molecule is CC(C)n1c(C=O)nc(C(F)F)c1C(=O)NC1CN(C(=O)O)C1C(C)(C)C. The molecule has 1 aromatic heterocycles. The van der Waals surface area contributed by atoms with Crippen LogP contribution in [0.2, 0.25) is 0 Å². The van der Waals surface area contributed by atoms with Crippen molar-refractivity contribution in [3.63, 3.8) is 0 Å². The average molecular weight is 386 g/mol. The molecule has 0 bridgehead atoms. The van der Waals surface area contributed by atoms with Gasteiger partial charge in [0.2, 0.25) is 0 Å². The van der Waals surface area contributed by atoms with Crippen molar-refractivity contribution in [1.82, 2.24) is 19.8 Å². The van der Waals surface area contributed by atoms with E-state index in [1.54, 1.807) is 13.8 Å². The fourth-order valence-electron chi connectivity index (χ4n) is 3.59. The zero-order valence-electron chi connectivity index (χ0n) is 15.9. The molecule has 2 amide bonds. The normalized spacial score (nSPS) is 20.0. The highest BCUT2D eigenvalue weighted by atomic mass is 19.3. The van der Waals surface area contributed by atoms with Crippen LogP contribution in [0.4, 0.5) is 13.6 Å². The van der Waals surface area contributed by atoms with Crippen molar-refractivity contribution in [2.75, 3.05) is 6.54 Å². The van der Waals surface area contributed by atoms with Crippen LogP contribution in [0.3, 0.4) is 0 Å². The van der Waals surface area contributed by atoms with Gasteiger partial charge in [-0.3, -0.25) is 9.59 Å². The van der Waals surface area contributed by atoms with Gasteiger partial charge in [-0.25, -0.2) is 18.6 Å². The lowest BCUT2D eigenvalue weighted by molar-refractivity contribution is -0.0108. The molecule has 2 atom stereocenters. The molecule has 1 fully saturated rings. The maximum atomic E-state index is 13.4. The number of hydrogen-bond acceptors (Lipinski definition) is 4. The monoisotopic (exact) mass is 386 g/mol. The smallest absolute Gasteiger partial charge is 0.407 e. The van der Waals surface area contributed by atoms with Crippen molar-refractivity contribution in [3.05, 3.63) is 17.2 Å². The number of imidazole rings is 1. The van der Waals surface area contributed by atoms with Crippen molar-refractivity contribution in [1.29, 1.82) is 0 Å². The minimum Gasteiger partial charge on any atom is -0.465 e. The molecule has 2 rings (SSSR count). The van der Waals surface area contributed by atoms with Gasteiger partial charge >= 0.3 is 6.09 Å². The molecule has 0 aromatic carbocycles. The van der Waals surface area contributed by atoms with E-state index in [9.17, 15) is 28.3 Å².